The Morgan fingerprint density at radius 2 is 1.48 bits per heavy atom. The number of benzene rings is 1. The Hall–Kier alpha value is -2.98. The molecule has 1 aromatic rings. The summed E-state index contributed by atoms with van der Waals surface area (Å²) in [7, 11) is 0. The maximum Gasteiger partial charge on any atom is 0.303 e. The molecule has 5 atom stereocenters. The molecule has 0 radical (unpaired) electrons. The fraction of sp³-hybridized carbons (Fsp3) is 0.524. The van der Waals surface area contributed by atoms with Crippen LogP contribution >= 0.6 is 0 Å². The Kier molecular flexibility index (Phi) is 8.95. The molecule has 10 nitrogen and oxygen atoms in total. The first-order valence-corrected chi connectivity index (χ1v) is 9.63. The molecule has 1 fully saturated rings. The largest absolute Gasteiger partial charge is 0.462 e. The lowest BCUT2D eigenvalue weighted by molar-refractivity contribution is -0.203. The van der Waals surface area contributed by atoms with Crippen LogP contribution in [0.5, 0.6) is 0 Å². The molecule has 0 aliphatic carbocycles. The van der Waals surface area contributed by atoms with E-state index >= 15 is 0 Å². The quantitative estimate of drug-likeness (QED) is 0.411. The lowest BCUT2D eigenvalue weighted by Gasteiger charge is -2.27. The van der Waals surface area contributed by atoms with Crippen molar-refractivity contribution in [1.29, 1.82) is 0 Å². The molecule has 0 unspecified atom stereocenters. The first kappa shape index (κ1) is 24.3. The molecule has 0 saturated carbocycles. The molecular weight excluding hydrogens is 412 g/mol. The van der Waals surface area contributed by atoms with Crippen molar-refractivity contribution in [3.8, 4) is 0 Å². The predicted molar refractivity (Wildman–Crippen MR) is 103 cm³/mol. The van der Waals surface area contributed by atoms with E-state index in [1.807, 2.05) is 30.3 Å². The van der Waals surface area contributed by atoms with Gasteiger partial charge in [-0.25, -0.2) is 0 Å². The first-order valence-electron chi connectivity index (χ1n) is 9.63. The van der Waals surface area contributed by atoms with Crippen molar-refractivity contribution in [1.82, 2.24) is 0 Å². The molecule has 10 heteroatoms. The van der Waals surface area contributed by atoms with Crippen LogP contribution in [0, 0.1) is 0 Å². The average Bonchev–Trinajstić information content (AvgIpc) is 3.00. The van der Waals surface area contributed by atoms with Crippen LogP contribution in [0.1, 0.15) is 33.3 Å². The Morgan fingerprint density at radius 3 is 2.03 bits per heavy atom. The lowest BCUT2D eigenvalue weighted by Crippen LogP contribution is -2.46. The van der Waals surface area contributed by atoms with Gasteiger partial charge in [-0.05, 0) is 5.56 Å². The van der Waals surface area contributed by atoms with Crippen LogP contribution in [0.15, 0.2) is 30.3 Å². The van der Waals surface area contributed by atoms with E-state index in [4.69, 9.17) is 28.4 Å². The van der Waals surface area contributed by atoms with Crippen LogP contribution in [-0.4, -0.2) is 61.2 Å². The second-order valence-corrected chi connectivity index (χ2v) is 6.86. The van der Waals surface area contributed by atoms with Crippen LogP contribution in [0.25, 0.3) is 0 Å². The molecule has 0 spiro atoms. The maximum absolute atomic E-state index is 11.7. The molecule has 1 aliphatic rings. The molecule has 0 aromatic heterocycles. The Balaban J connectivity index is 2.29. The second kappa shape index (κ2) is 11.4. The summed E-state index contributed by atoms with van der Waals surface area (Å²) in [6.07, 6.45) is -5.67. The van der Waals surface area contributed by atoms with Crippen LogP contribution in [0.3, 0.4) is 0 Å². The summed E-state index contributed by atoms with van der Waals surface area (Å²) in [4.78, 5) is 46.3. The van der Waals surface area contributed by atoms with Crippen LogP contribution in [-0.2, 0) is 54.2 Å². The van der Waals surface area contributed by atoms with Gasteiger partial charge in [-0.3, -0.25) is 19.2 Å². The summed E-state index contributed by atoms with van der Waals surface area (Å²) >= 11 is 0. The molecule has 1 heterocycles. The van der Waals surface area contributed by atoms with Gasteiger partial charge in [-0.1, -0.05) is 30.3 Å². The minimum atomic E-state index is -1.16. The number of rotatable bonds is 9. The fourth-order valence-electron chi connectivity index (χ4n) is 3.09. The van der Waals surface area contributed by atoms with Crippen LogP contribution < -0.4 is 0 Å². The molecule has 1 aromatic carbocycles. The molecule has 0 bridgehead atoms. The standard InChI is InChI=1S/C21H26O10/c1-12(22)26-11-17(28-13(2)23)18-19(29-14(3)24)20(30-15(4)25)21(31-18)27-10-16-8-6-5-7-9-16/h5-9,17-21H,10-11H2,1-4H3/t17-,18+,19+,20-,21+/m1/s1. The Labute approximate surface area is 179 Å². The number of ether oxygens (including phenoxy) is 6. The number of carbonyl (C=O) groups is 4. The van der Waals surface area contributed by atoms with Gasteiger partial charge in [0.2, 0.25) is 0 Å². The molecule has 1 saturated heterocycles. The predicted octanol–water partition coefficient (Wildman–Crippen LogP) is 1.29. The number of hydrogen-bond donors (Lipinski definition) is 0. The van der Waals surface area contributed by atoms with Crippen molar-refractivity contribution in [3.05, 3.63) is 35.9 Å². The summed E-state index contributed by atoms with van der Waals surface area (Å²) in [5.74, 6) is -2.59. The van der Waals surface area contributed by atoms with Gasteiger partial charge >= 0.3 is 23.9 Å². The van der Waals surface area contributed by atoms with Gasteiger partial charge in [0.05, 0.1) is 6.61 Å². The summed E-state index contributed by atoms with van der Waals surface area (Å²) in [6, 6.07) is 9.18. The van der Waals surface area contributed by atoms with E-state index in [1.165, 1.54) is 27.7 Å². The van der Waals surface area contributed by atoms with Crippen molar-refractivity contribution >= 4 is 23.9 Å². The van der Waals surface area contributed by atoms with Gasteiger partial charge in [-0.2, -0.15) is 0 Å². The van der Waals surface area contributed by atoms with Crippen molar-refractivity contribution in [2.45, 2.75) is 65.0 Å². The van der Waals surface area contributed by atoms with Gasteiger partial charge in [-0.15, -0.1) is 0 Å². The highest BCUT2D eigenvalue weighted by atomic mass is 16.7. The first-order chi connectivity index (χ1) is 14.7. The Morgan fingerprint density at radius 1 is 0.871 bits per heavy atom. The minimum Gasteiger partial charge on any atom is -0.462 e. The molecule has 2 rings (SSSR count). The van der Waals surface area contributed by atoms with E-state index in [0.29, 0.717) is 0 Å². The number of carbonyl (C=O) groups excluding carboxylic acids is 4. The summed E-state index contributed by atoms with van der Waals surface area (Å²) in [6.45, 7) is 4.49. The summed E-state index contributed by atoms with van der Waals surface area (Å²) in [5, 5.41) is 0. The smallest absolute Gasteiger partial charge is 0.303 e. The van der Waals surface area contributed by atoms with Crippen molar-refractivity contribution in [2.75, 3.05) is 6.61 Å². The lowest BCUT2D eigenvalue weighted by atomic mass is 10.1. The van der Waals surface area contributed by atoms with Gasteiger partial charge in [0, 0.05) is 27.7 Å². The Bertz CT molecular complexity index is 778. The molecular formula is C21H26O10. The number of hydrogen-bond acceptors (Lipinski definition) is 10. The van der Waals surface area contributed by atoms with E-state index in [-0.39, 0.29) is 13.2 Å². The molecule has 31 heavy (non-hydrogen) atoms. The highest BCUT2D eigenvalue weighted by Crippen LogP contribution is 2.32. The number of esters is 4. The van der Waals surface area contributed by atoms with Crippen molar-refractivity contribution in [2.24, 2.45) is 0 Å². The van der Waals surface area contributed by atoms with E-state index in [2.05, 4.69) is 0 Å². The normalized spacial score (nSPS) is 23.5. The van der Waals surface area contributed by atoms with E-state index in [1.54, 1.807) is 0 Å². The van der Waals surface area contributed by atoms with E-state index < -0.39 is 54.6 Å². The maximum atomic E-state index is 11.7. The van der Waals surface area contributed by atoms with Crippen molar-refractivity contribution < 1.29 is 47.6 Å². The highest BCUT2D eigenvalue weighted by molar-refractivity contribution is 5.68. The third kappa shape index (κ3) is 7.65. The summed E-state index contributed by atoms with van der Waals surface area (Å²) in [5.41, 5.74) is 0.830. The second-order valence-electron chi connectivity index (χ2n) is 6.86. The van der Waals surface area contributed by atoms with E-state index in [0.717, 1.165) is 5.56 Å². The fourth-order valence-corrected chi connectivity index (χ4v) is 3.09. The van der Waals surface area contributed by atoms with Gasteiger partial charge in [0.15, 0.2) is 24.6 Å². The highest BCUT2D eigenvalue weighted by Gasteiger charge is 2.54. The monoisotopic (exact) mass is 438 g/mol. The minimum absolute atomic E-state index is 0.116. The van der Waals surface area contributed by atoms with Gasteiger partial charge in [0.25, 0.3) is 0 Å². The zero-order valence-corrected chi connectivity index (χ0v) is 17.8. The molecule has 170 valence electrons. The summed E-state index contributed by atoms with van der Waals surface area (Å²) < 4.78 is 32.5. The van der Waals surface area contributed by atoms with Gasteiger partial charge in [0.1, 0.15) is 12.7 Å². The molecule has 0 N–H and O–H groups in total. The van der Waals surface area contributed by atoms with Crippen LogP contribution in [0.4, 0.5) is 0 Å². The zero-order chi connectivity index (χ0) is 23.0. The van der Waals surface area contributed by atoms with Crippen LogP contribution in [0.2, 0.25) is 0 Å². The SMILES string of the molecule is CC(=O)OC[C@@H](OC(C)=O)[C@@H]1O[C@H](OCc2ccccc2)[C@H](OC(C)=O)[C@H]1OC(C)=O. The third-order valence-electron chi connectivity index (χ3n) is 4.20. The molecule has 1 aliphatic heterocycles. The molecule has 0 amide bonds. The van der Waals surface area contributed by atoms with Crippen molar-refractivity contribution in [3.63, 3.8) is 0 Å². The van der Waals surface area contributed by atoms with Gasteiger partial charge < -0.3 is 28.4 Å². The van der Waals surface area contributed by atoms with E-state index in [9.17, 15) is 19.2 Å². The average molecular weight is 438 g/mol. The third-order valence-corrected chi connectivity index (χ3v) is 4.20. The zero-order valence-electron chi connectivity index (χ0n) is 17.8. The topological polar surface area (TPSA) is 124 Å².